The summed E-state index contributed by atoms with van der Waals surface area (Å²) < 4.78 is 0. The first-order valence-corrected chi connectivity index (χ1v) is 11.4. The monoisotopic (exact) mass is 456 g/mol. The number of anilines is 1. The van der Waals surface area contributed by atoms with Gasteiger partial charge >= 0.3 is 0 Å². The summed E-state index contributed by atoms with van der Waals surface area (Å²) in [4.78, 5) is 32.7. The molecule has 1 aliphatic rings. The molecule has 0 fully saturated rings. The van der Waals surface area contributed by atoms with Gasteiger partial charge in [0.2, 0.25) is 0 Å². The number of amides is 1. The van der Waals surface area contributed by atoms with Crippen LogP contribution in [0.3, 0.4) is 0 Å². The van der Waals surface area contributed by atoms with Gasteiger partial charge in [-0.05, 0) is 48.1 Å². The quantitative estimate of drug-likeness (QED) is 0.512. The highest BCUT2D eigenvalue weighted by Crippen LogP contribution is 2.40. The summed E-state index contributed by atoms with van der Waals surface area (Å²) in [6.45, 7) is 10.1. The number of ketones is 1. The van der Waals surface area contributed by atoms with E-state index in [4.69, 9.17) is 0 Å². The molecular formula is C27H28N4O3. The van der Waals surface area contributed by atoms with Gasteiger partial charge in [-0.25, -0.2) is 0 Å². The van der Waals surface area contributed by atoms with Crippen LogP contribution in [0.5, 0.6) is 0 Å². The Bertz CT molecular complexity index is 1240. The standard InChI is InChI=1S/C27H28N4O3/c1-15(2)18-7-9-19(10-8-18)25(32)23-24(21-12-11-20(14-28-21)16(3)4)31(27(34)26(23)33)22-13-6-17(5)29-30-22/h6-16,24,33H,1-5H3. The molecule has 1 aromatic carbocycles. The fraction of sp³-hybridized carbons (Fsp3) is 0.296. The van der Waals surface area contributed by atoms with Gasteiger partial charge in [0.05, 0.1) is 17.0 Å². The van der Waals surface area contributed by atoms with Gasteiger partial charge in [-0.1, -0.05) is 58.0 Å². The fourth-order valence-corrected chi connectivity index (χ4v) is 3.97. The van der Waals surface area contributed by atoms with E-state index in [0.29, 0.717) is 22.9 Å². The molecule has 1 N–H and O–H groups in total. The van der Waals surface area contributed by atoms with E-state index in [-0.39, 0.29) is 17.3 Å². The van der Waals surface area contributed by atoms with Gasteiger partial charge in [0.1, 0.15) is 6.04 Å². The van der Waals surface area contributed by atoms with Crippen molar-refractivity contribution in [3.05, 3.63) is 94.1 Å². The molecule has 1 amide bonds. The molecule has 1 aliphatic heterocycles. The molecule has 1 atom stereocenters. The van der Waals surface area contributed by atoms with Crippen LogP contribution >= 0.6 is 0 Å². The Hall–Kier alpha value is -3.87. The number of hydrogen-bond donors (Lipinski definition) is 1. The molecule has 4 rings (SSSR count). The number of aliphatic hydroxyl groups is 1. The second kappa shape index (κ2) is 9.17. The lowest BCUT2D eigenvalue weighted by atomic mass is 9.93. The molecule has 3 heterocycles. The first-order chi connectivity index (χ1) is 16.2. The van der Waals surface area contributed by atoms with Crippen molar-refractivity contribution in [1.82, 2.24) is 15.2 Å². The lowest BCUT2D eigenvalue weighted by molar-refractivity contribution is -0.117. The molecule has 7 nitrogen and oxygen atoms in total. The van der Waals surface area contributed by atoms with Crippen LogP contribution in [0.4, 0.5) is 5.82 Å². The van der Waals surface area contributed by atoms with Gasteiger partial charge in [0.25, 0.3) is 5.91 Å². The van der Waals surface area contributed by atoms with Crippen LogP contribution in [0.1, 0.15) is 78.4 Å². The van der Waals surface area contributed by atoms with Gasteiger partial charge in [-0.3, -0.25) is 19.5 Å². The number of aryl methyl sites for hydroxylation is 1. The van der Waals surface area contributed by atoms with Crippen LogP contribution < -0.4 is 4.90 Å². The predicted molar refractivity (Wildman–Crippen MR) is 130 cm³/mol. The first-order valence-electron chi connectivity index (χ1n) is 11.4. The molecule has 174 valence electrons. The minimum absolute atomic E-state index is 0.0190. The molecule has 0 saturated carbocycles. The van der Waals surface area contributed by atoms with Crippen LogP contribution in [0, 0.1) is 6.92 Å². The summed E-state index contributed by atoms with van der Waals surface area (Å²) in [5.74, 6) is -0.907. The summed E-state index contributed by atoms with van der Waals surface area (Å²) in [6.07, 6.45) is 1.73. The van der Waals surface area contributed by atoms with Gasteiger partial charge in [-0.2, -0.15) is 5.10 Å². The number of rotatable bonds is 6. The Balaban J connectivity index is 1.82. The lowest BCUT2D eigenvalue weighted by Gasteiger charge is -2.25. The van der Waals surface area contributed by atoms with Crippen LogP contribution in [0.2, 0.25) is 0 Å². The SMILES string of the molecule is Cc1ccc(N2C(=O)C(O)=C(C(=O)c3ccc(C(C)C)cc3)C2c2ccc(C(C)C)cn2)nn1. The molecule has 7 heteroatoms. The van der Waals surface area contributed by atoms with Crippen molar-refractivity contribution in [3.8, 4) is 0 Å². The van der Waals surface area contributed by atoms with Crippen molar-refractivity contribution >= 4 is 17.5 Å². The highest BCUT2D eigenvalue weighted by Gasteiger charge is 2.46. The Kier molecular flexibility index (Phi) is 6.28. The van der Waals surface area contributed by atoms with Crippen LogP contribution in [-0.4, -0.2) is 32.0 Å². The first kappa shape index (κ1) is 23.3. The zero-order valence-electron chi connectivity index (χ0n) is 20.0. The molecule has 34 heavy (non-hydrogen) atoms. The predicted octanol–water partition coefficient (Wildman–Crippen LogP) is 5.21. The van der Waals surface area contributed by atoms with E-state index in [1.54, 1.807) is 43.5 Å². The molecule has 0 spiro atoms. The normalized spacial score (nSPS) is 16.1. The summed E-state index contributed by atoms with van der Waals surface area (Å²) >= 11 is 0. The molecular weight excluding hydrogens is 428 g/mol. The lowest BCUT2D eigenvalue weighted by Crippen LogP contribution is -2.32. The topological polar surface area (TPSA) is 96.3 Å². The number of hydrogen-bond acceptors (Lipinski definition) is 6. The van der Waals surface area contributed by atoms with Crippen molar-refractivity contribution in [2.45, 2.75) is 52.5 Å². The second-order valence-corrected chi connectivity index (χ2v) is 9.15. The number of pyridine rings is 1. The van der Waals surface area contributed by atoms with Crippen LogP contribution in [0.25, 0.3) is 0 Å². The van der Waals surface area contributed by atoms with E-state index >= 15 is 0 Å². The van der Waals surface area contributed by atoms with E-state index in [1.165, 1.54) is 4.90 Å². The Morgan fingerprint density at radius 2 is 1.56 bits per heavy atom. The van der Waals surface area contributed by atoms with Crippen molar-refractivity contribution in [2.75, 3.05) is 4.90 Å². The van der Waals surface area contributed by atoms with Crippen molar-refractivity contribution in [2.24, 2.45) is 0 Å². The highest BCUT2D eigenvalue weighted by atomic mass is 16.3. The number of nitrogens with zero attached hydrogens (tertiary/aromatic N) is 4. The summed E-state index contributed by atoms with van der Waals surface area (Å²) in [7, 11) is 0. The zero-order valence-corrected chi connectivity index (χ0v) is 20.0. The number of carbonyl (C=O) groups is 2. The van der Waals surface area contributed by atoms with E-state index in [9.17, 15) is 14.7 Å². The van der Waals surface area contributed by atoms with Crippen LogP contribution in [-0.2, 0) is 4.79 Å². The molecule has 3 aromatic rings. The summed E-state index contributed by atoms with van der Waals surface area (Å²) in [6, 6.07) is 13.4. The van der Waals surface area contributed by atoms with Gasteiger partial charge in [0.15, 0.2) is 17.4 Å². The third-order valence-corrected chi connectivity index (χ3v) is 6.08. The van der Waals surface area contributed by atoms with E-state index < -0.39 is 23.5 Å². The third-order valence-electron chi connectivity index (χ3n) is 6.08. The van der Waals surface area contributed by atoms with Crippen LogP contribution in [0.15, 0.2) is 66.1 Å². The average molecular weight is 457 g/mol. The summed E-state index contributed by atoms with van der Waals surface area (Å²) in [5.41, 5.74) is 3.64. The number of carbonyl (C=O) groups excluding carboxylic acids is 2. The Labute approximate surface area is 199 Å². The summed E-state index contributed by atoms with van der Waals surface area (Å²) in [5, 5.41) is 19.1. The smallest absolute Gasteiger partial charge is 0.295 e. The fourth-order valence-electron chi connectivity index (χ4n) is 3.97. The number of aliphatic hydroxyl groups excluding tert-OH is 1. The Morgan fingerprint density at radius 3 is 2.09 bits per heavy atom. The average Bonchev–Trinajstić information content (AvgIpc) is 3.09. The van der Waals surface area contributed by atoms with Crippen molar-refractivity contribution < 1.29 is 14.7 Å². The van der Waals surface area contributed by atoms with Gasteiger partial charge < -0.3 is 5.11 Å². The number of Topliss-reactive ketones (excluding diaryl/α,β-unsaturated/α-hetero) is 1. The third kappa shape index (κ3) is 4.21. The van der Waals surface area contributed by atoms with Crippen molar-refractivity contribution in [1.29, 1.82) is 0 Å². The van der Waals surface area contributed by atoms with Gasteiger partial charge in [-0.15, -0.1) is 5.10 Å². The molecule has 0 radical (unpaired) electrons. The molecule has 0 bridgehead atoms. The maximum absolute atomic E-state index is 13.6. The minimum Gasteiger partial charge on any atom is -0.503 e. The molecule has 0 saturated heterocycles. The Morgan fingerprint density at radius 1 is 0.912 bits per heavy atom. The van der Waals surface area contributed by atoms with Gasteiger partial charge in [0, 0.05) is 11.8 Å². The largest absolute Gasteiger partial charge is 0.503 e. The zero-order chi connectivity index (χ0) is 24.6. The minimum atomic E-state index is -0.928. The molecule has 2 aromatic heterocycles. The second-order valence-electron chi connectivity index (χ2n) is 9.15. The maximum Gasteiger partial charge on any atom is 0.295 e. The maximum atomic E-state index is 13.6. The van der Waals surface area contributed by atoms with E-state index in [2.05, 4.69) is 42.9 Å². The van der Waals surface area contributed by atoms with Crippen molar-refractivity contribution in [3.63, 3.8) is 0 Å². The number of benzene rings is 1. The molecule has 0 aliphatic carbocycles. The number of aromatic nitrogens is 3. The highest BCUT2D eigenvalue weighted by molar-refractivity contribution is 6.20. The van der Waals surface area contributed by atoms with E-state index in [1.807, 2.05) is 18.2 Å². The molecule has 1 unspecified atom stereocenters. The van der Waals surface area contributed by atoms with E-state index in [0.717, 1.165) is 11.1 Å².